The molecule has 2 aliphatic rings. The molecule has 1 nitrogen and oxygen atoms in total. The van der Waals surface area contributed by atoms with Gasteiger partial charge in [0.05, 0.1) is 0 Å². The van der Waals surface area contributed by atoms with E-state index in [2.05, 4.69) is 11.4 Å². The zero-order valence-corrected chi connectivity index (χ0v) is 12.5. The summed E-state index contributed by atoms with van der Waals surface area (Å²) in [4.78, 5) is 0. The van der Waals surface area contributed by atoms with Crippen LogP contribution in [-0.4, -0.2) is 7.05 Å². The van der Waals surface area contributed by atoms with E-state index in [1.165, 1.54) is 31.2 Å². The van der Waals surface area contributed by atoms with Gasteiger partial charge in [-0.05, 0) is 54.7 Å². The van der Waals surface area contributed by atoms with Crippen LogP contribution in [0, 0.1) is 23.6 Å². The maximum absolute atomic E-state index is 14.0. The molecule has 2 aromatic rings. The molecule has 1 N–H and O–H groups in total. The minimum Gasteiger partial charge on any atom is -0.313 e. The summed E-state index contributed by atoms with van der Waals surface area (Å²) in [5.41, 5.74) is 1.27. The van der Waals surface area contributed by atoms with Crippen molar-refractivity contribution in [1.82, 2.24) is 5.32 Å². The maximum atomic E-state index is 14.0. The molecule has 21 heavy (non-hydrogen) atoms. The monoisotopic (exact) mass is 283 g/mol. The van der Waals surface area contributed by atoms with Crippen LogP contribution in [0.1, 0.15) is 37.3 Å². The molecule has 3 atom stereocenters. The lowest BCUT2D eigenvalue weighted by Gasteiger charge is -2.19. The molecule has 2 heteroatoms. The van der Waals surface area contributed by atoms with E-state index in [1.807, 2.05) is 31.3 Å². The van der Waals surface area contributed by atoms with Gasteiger partial charge < -0.3 is 5.32 Å². The Balaban J connectivity index is 1.76. The summed E-state index contributed by atoms with van der Waals surface area (Å²) in [5.74, 6) is 2.41. The van der Waals surface area contributed by atoms with Gasteiger partial charge in [-0.25, -0.2) is 4.39 Å². The van der Waals surface area contributed by atoms with Gasteiger partial charge in [-0.1, -0.05) is 43.2 Å². The van der Waals surface area contributed by atoms with Gasteiger partial charge in [-0.15, -0.1) is 0 Å². The summed E-state index contributed by atoms with van der Waals surface area (Å²) in [5, 5.41) is 5.34. The van der Waals surface area contributed by atoms with Crippen LogP contribution in [0.25, 0.3) is 10.8 Å². The number of nitrogens with one attached hydrogen (secondary N) is 1. The van der Waals surface area contributed by atoms with E-state index in [-0.39, 0.29) is 5.82 Å². The van der Waals surface area contributed by atoms with E-state index in [0.29, 0.717) is 6.04 Å². The van der Waals surface area contributed by atoms with Gasteiger partial charge in [-0.2, -0.15) is 0 Å². The number of benzene rings is 2. The van der Waals surface area contributed by atoms with Crippen molar-refractivity contribution >= 4 is 10.8 Å². The van der Waals surface area contributed by atoms with Gasteiger partial charge in [0.25, 0.3) is 0 Å². The van der Waals surface area contributed by atoms with E-state index in [4.69, 9.17) is 0 Å². The lowest BCUT2D eigenvalue weighted by atomic mass is 9.94. The summed E-state index contributed by atoms with van der Waals surface area (Å²) in [7, 11) is 2.05. The number of hydrogen-bond donors (Lipinski definition) is 1. The Morgan fingerprint density at radius 2 is 1.67 bits per heavy atom. The van der Waals surface area contributed by atoms with Crippen molar-refractivity contribution in [2.75, 3.05) is 7.05 Å². The average Bonchev–Trinajstić information content (AvgIpc) is 3.25. The standard InChI is InChI=1S/C19H22FN/c1-21-19(18-14-8-4-5-9-15(14)18)16-10-11-17(20)13-7-3-2-6-12(13)16/h2-3,6-7,10-11,14-15,18-19,21H,4-5,8-9H2,1H3. The number of hydrogen-bond acceptors (Lipinski definition) is 1. The summed E-state index contributed by atoms with van der Waals surface area (Å²) in [6.45, 7) is 0. The number of rotatable bonds is 3. The van der Waals surface area contributed by atoms with Crippen molar-refractivity contribution in [1.29, 1.82) is 0 Å². The first-order valence-corrected chi connectivity index (χ1v) is 8.15. The third-order valence-corrected chi connectivity index (χ3v) is 5.66. The highest BCUT2D eigenvalue weighted by Gasteiger charge is 2.54. The molecule has 3 unspecified atom stereocenters. The lowest BCUT2D eigenvalue weighted by Crippen LogP contribution is -2.20. The third-order valence-electron chi connectivity index (χ3n) is 5.66. The molecule has 0 aliphatic heterocycles. The second-order valence-electron chi connectivity index (χ2n) is 6.64. The van der Waals surface area contributed by atoms with Gasteiger partial charge in [0, 0.05) is 11.4 Å². The molecule has 0 heterocycles. The van der Waals surface area contributed by atoms with E-state index in [1.54, 1.807) is 6.07 Å². The molecular weight excluding hydrogens is 261 g/mol. The fourth-order valence-corrected chi connectivity index (χ4v) is 4.65. The van der Waals surface area contributed by atoms with Crippen LogP contribution >= 0.6 is 0 Å². The smallest absolute Gasteiger partial charge is 0.131 e. The quantitative estimate of drug-likeness (QED) is 0.862. The second kappa shape index (κ2) is 5.10. The first-order valence-electron chi connectivity index (χ1n) is 8.15. The molecule has 0 bridgehead atoms. The predicted octanol–water partition coefficient (Wildman–Crippen LogP) is 4.68. The average molecular weight is 283 g/mol. The Morgan fingerprint density at radius 1 is 1.00 bits per heavy atom. The first kappa shape index (κ1) is 13.3. The maximum Gasteiger partial charge on any atom is 0.131 e. The molecule has 2 fully saturated rings. The van der Waals surface area contributed by atoms with Crippen LogP contribution in [0.15, 0.2) is 36.4 Å². The molecule has 2 saturated carbocycles. The molecule has 2 aliphatic carbocycles. The van der Waals surface area contributed by atoms with Crippen LogP contribution in [0.4, 0.5) is 4.39 Å². The summed E-state index contributed by atoms with van der Waals surface area (Å²) in [6.07, 6.45) is 5.54. The van der Waals surface area contributed by atoms with Gasteiger partial charge in [0.2, 0.25) is 0 Å². The molecule has 4 rings (SSSR count). The lowest BCUT2D eigenvalue weighted by molar-refractivity contribution is 0.480. The zero-order chi connectivity index (χ0) is 14.4. The summed E-state index contributed by atoms with van der Waals surface area (Å²) >= 11 is 0. The number of halogens is 1. The second-order valence-corrected chi connectivity index (χ2v) is 6.64. The molecule has 110 valence electrons. The minimum absolute atomic E-state index is 0.114. The highest BCUT2D eigenvalue weighted by atomic mass is 19.1. The molecule has 0 saturated heterocycles. The van der Waals surface area contributed by atoms with Gasteiger partial charge >= 0.3 is 0 Å². The van der Waals surface area contributed by atoms with Gasteiger partial charge in [0.15, 0.2) is 0 Å². The minimum atomic E-state index is -0.114. The molecule has 0 spiro atoms. The fourth-order valence-electron chi connectivity index (χ4n) is 4.65. The SMILES string of the molecule is CNC(c1ccc(F)c2ccccc12)C1C2CCCCC21. The van der Waals surface area contributed by atoms with Crippen LogP contribution in [-0.2, 0) is 0 Å². The fraction of sp³-hybridized carbons (Fsp3) is 0.474. The highest BCUT2D eigenvalue weighted by Crippen LogP contribution is 2.60. The molecular formula is C19H22FN. The van der Waals surface area contributed by atoms with Crippen molar-refractivity contribution in [2.24, 2.45) is 17.8 Å². The van der Waals surface area contributed by atoms with Crippen molar-refractivity contribution in [2.45, 2.75) is 31.7 Å². The van der Waals surface area contributed by atoms with Crippen LogP contribution in [0.3, 0.4) is 0 Å². The topological polar surface area (TPSA) is 12.0 Å². The molecule has 2 aromatic carbocycles. The Bertz CT molecular complexity index is 654. The Kier molecular flexibility index (Phi) is 3.22. The van der Waals surface area contributed by atoms with Crippen LogP contribution < -0.4 is 5.32 Å². The Morgan fingerprint density at radius 3 is 2.33 bits per heavy atom. The van der Waals surface area contributed by atoms with Crippen molar-refractivity contribution in [3.63, 3.8) is 0 Å². The van der Waals surface area contributed by atoms with Crippen LogP contribution in [0.5, 0.6) is 0 Å². The molecule has 0 aromatic heterocycles. The number of fused-ring (bicyclic) bond motifs is 2. The van der Waals surface area contributed by atoms with Crippen LogP contribution in [0.2, 0.25) is 0 Å². The Hall–Kier alpha value is -1.41. The van der Waals surface area contributed by atoms with E-state index in [0.717, 1.165) is 28.5 Å². The normalized spacial score (nSPS) is 29.1. The molecule has 0 radical (unpaired) electrons. The zero-order valence-electron chi connectivity index (χ0n) is 12.5. The first-order chi connectivity index (χ1) is 10.3. The van der Waals surface area contributed by atoms with Crippen molar-refractivity contribution in [3.05, 3.63) is 47.8 Å². The van der Waals surface area contributed by atoms with Gasteiger partial charge in [-0.3, -0.25) is 0 Å². The van der Waals surface area contributed by atoms with E-state index < -0.39 is 0 Å². The third kappa shape index (κ3) is 2.08. The highest BCUT2D eigenvalue weighted by molar-refractivity contribution is 5.86. The summed E-state index contributed by atoms with van der Waals surface area (Å²) in [6, 6.07) is 11.9. The Labute approximate surface area is 125 Å². The van der Waals surface area contributed by atoms with Gasteiger partial charge in [0.1, 0.15) is 5.82 Å². The predicted molar refractivity (Wildman–Crippen MR) is 84.6 cm³/mol. The van der Waals surface area contributed by atoms with Crippen molar-refractivity contribution < 1.29 is 4.39 Å². The van der Waals surface area contributed by atoms with Crippen molar-refractivity contribution in [3.8, 4) is 0 Å². The van der Waals surface area contributed by atoms with E-state index in [9.17, 15) is 4.39 Å². The largest absolute Gasteiger partial charge is 0.313 e. The molecule has 0 amide bonds. The van der Waals surface area contributed by atoms with E-state index >= 15 is 0 Å². The summed E-state index contributed by atoms with van der Waals surface area (Å²) < 4.78 is 14.0.